The Bertz CT molecular complexity index is 939. The Morgan fingerprint density at radius 3 is 2.61 bits per heavy atom. The summed E-state index contributed by atoms with van der Waals surface area (Å²) >= 11 is 1.55. The molecule has 2 saturated heterocycles. The average molecular weight is 423 g/mol. The van der Waals surface area contributed by atoms with E-state index in [0.717, 1.165) is 47.8 Å². The van der Waals surface area contributed by atoms with E-state index in [2.05, 4.69) is 20.3 Å². The number of hydrogen-bond acceptors (Lipinski definition) is 7. The molecule has 4 heterocycles. The van der Waals surface area contributed by atoms with E-state index in [0.29, 0.717) is 31.3 Å². The second-order valence-electron chi connectivity index (χ2n) is 7.36. The molecule has 2 aliphatic rings. The highest BCUT2D eigenvalue weighted by Gasteiger charge is 2.40. The minimum Gasteiger partial charge on any atom is -0.316 e. The molecule has 1 atom stereocenters. The molecule has 0 radical (unpaired) electrons. The molecule has 0 spiro atoms. The molecule has 1 N–H and O–H groups in total. The zero-order valence-corrected chi connectivity index (χ0v) is 17.9. The van der Waals surface area contributed by atoms with Gasteiger partial charge in [0.1, 0.15) is 11.6 Å². The number of piperidine rings is 1. The van der Waals surface area contributed by atoms with Crippen LogP contribution in [0.15, 0.2) is 12.3 Å². The third kappa shape index (κ3) is 4.05. The molecule has 28 heavy (non-hydrogen) atoms. The maximum Gasteiger partial charge on any atom is 0.282 e. The lowest BCUT2D eigenvalue weighted by molar-refractivity contribution is 0.294. The summed E-state index contributed by atoms with van der Waals surface area (Å²) in [5.74, 6) is 1.27. The van der Waals surface area contributed by atoms with Crippen molar-refractivity contribution in [2.24, 2.45) is 0 Å². The first-order chi connectivity index (χ1) is 13.4. The molecule has 0 bridgehead atoms. The summed E-state index contributed by atoms with van der Waals surface area (Å²) < 4.78 is 29.7. The average Bonchev–Trinajstić information content (AvgIpc) is 3.31. The number of anilines is 2. The Balaban J connectivity index is 1.60. The summed E-state index contributed by atoms with van der Waals surface area (Å²) in [4.78, 5) is 14.5. The lowest BCUT2D eigenvalue weighted by atomic mass is 10.1. The molecular weight excluding hydrogens is 396 g/mol. The van der Waals surface area contributed by atoms with Gasteiger partial charge in [0.05, 0.1) is 11.7 Å². The Kier molecular flexibility index (Phi) is 5.64. The van der Waals surface area contributed by atoms with Gasteiger partial charge in [0, 0.05) is 36.8 Å². The zero-order valence-electron chi connectivity index (χ0n) is 16.3. The maximum atomic E-state index is 13.2. The van der Waals surface area contributed by atoms with Crippen molar-refractivity contribution in [3.63, 3.8) is 0 Å². The van der Waals surface area contributed by atoms with Crippen LogP contribution in [0.3, 0.4) is 0 Å². The number of thiazole rings is 1. The third-order valence-electron chi connectivity index (χ3n) is 5.20. The number of hydrogen-bond donors (Lipinski definition) is 1. The van der Waals surface area contributed by atoms with Gasteiger partial charge in [0.2, 0.25) is 0 Å². The molecule has 10 heteroatoms. The van der Waals surface area contributed by atoms with Crippen molar-refractivity contribution in [2.45, 2.75) is 52.0 Å². The number of nitrogens with zero attached hydrogens (tertiary/aromatic N) is 5. The van der Waals surface area contributed by atoms with Gasteiger partial charge in [0.25, 0.3) is 10.2 Å². The molecule has 2 fully saturated rings. The number of rotatable bonds is 5. The number of aryl methyl sites for hydroxylation is 2. The summed E-state index contributed by atoms with van der Waals surface area (Å²) in [6.45, 7) is 5.61. The molecule has 0 amide bonds. The standard InChI is InChI=1S/C18H26N6O2S2/c1-13-12-19-18(27-13)22-17-11-15(20-14(2)21-17)16-7-6-10-24(16)28(25,26)23-8-4-3-5-9-23/h11-12,16H,3-10H2,1-2H3,(H,19,20,21,22). The van der Waals surface area contributed by atoms with Crippen molar-refractivity contribution in [3.05, 3.63) is 28.7 Å². The van der Waals surface area contributed by atoms with Crippen LogP contribution in [0, 0.1) is 13.8 Å². The van der Waals surface area contributed by atoms with Gasteiger partial charge in [0.15, 0.2) is 5.13 Å². The second kappa shape index (κ2) is 8.02. The fourth-order valence-electron chi connectivity index (χ4n) is 3.90. The Morgan fingerprint density at radius 2 is 1.89 bits per heavy atom. The quantitative estimate of drug-likeness (QED) is 0.796. The Labute approximate surface area is 170 Å². The Morgan fingerprint density at radius 1 is 1.11 bits per heavy atom. The first kappa shape index (κ1) is 19.7. The highest BCUT2D eigenvalue weighted by atomic mass is 32.2. The predicted octanol–water partition coefficient (Wildman–Crippen LogP) is 3.16. The third-order valence-corrected chi connectivity index (χ3v) is 8.07. The van der Waals surface area contributed by atoms with Crippen LogP contribution in [0.1, 0.15) is 54.5 Å². The molecule has 0 aromatic carbocycles. The van der Waals surface area contributed by atoms with E-state index >= 15 is 0 Å². The van der Waals surface area contributed by atoms with Crippen molar-refractivity contribution < 1.29 is 8.42 Å². The molecule has 8 nitrogen and oxygen atoms in total. The van der Waals surface area contributed by atoms with Crippen LogP contribution in [0.4, 0.5) is 10.9 Å². The fraction of sp³-hybridized carbons (Fsp3) is 0.611. The van der Waals surface area contributed by atoms with Crippen LogP contribution >= 0.6 is 11.3 Å². The van der Waals surface area contributed by atoms with Gasteiger partial charge in [-0.15, -0.1) is 11.3 Å². The predicted molar refractivity (Wildman–Crippen MR) is 110 cm³/mol. The van der Waals surface area contributed by atoms with E-state index in [1.54, 1.807) is 19.9 Å². The van der Waals surface area contributed by atoms with Gasteiger partial charge in [-0.1, -0.05) is 6.42 Å². The summed E-state index contributed by atoms with van der Waals surface area (Å²) in [5.41, 5.74) is 0.751. The lowest BCUT2D eigenvalue weighted by Crippen LogP contribution is -2.45. The van der Waals surface area contributed by atoms with Crippen LogP contribution in [0.5, 0.6) is 0 Å². The highest BCUT2D eigenvalue weighted by Crippen LogP contribution is 2.36. The molecule has 0 saturated carbocycles. The van der Waals surface area contributed by atoms with Crippen molar-refractivity contribution >= 4 is 32.5 Å². The van der Waals surface area contributed by atoms with E-state index in [9.17, 15) is 8.42 Å². The first-order valence-corrected chi connectivity index (χ1v) is 12.0. The summed E-state index contributed by atoms with van der Waals surface area (Å²) in [6, 6.07) is 1.62. The summed E-state index contributed by atoms with van der Waals surface area (Å²) in [7, 11) is -3.46. The monoisotopic (exact) mass is 422 g/mol. The minimum atomic E-state index is -3.46. The lowest BCUT2D eigenvalue weighted by Gasteiger charge is -2.32. The SMILES string of the molecule is Cc1nc(Nc2ncc(C)s2)cc(C2CCCN2S(=O)(=O)N2CCCCC2)n1. The van der Waals surface area contributed by atoms with Gasteiger partial charge in [-0.05, 0) is 39.5 Å². The second-order valence-corrected chi connectivity index (χ2v) is 10.5. The van der Waals surface area contributed by atoms with Crippen LogP contribution in [-0.2, 0) is 10.2 Å². The summed E-state index contributed by atoms with van der Waals surface area (Å²) in [5, 5.41) is 3.99. The topological polar surface area (TPSA) is 91.3 Å². The molecular formula is C18H26N6O2S2. The van der Waals surface area contributed by atoms with Gasteiger partial charge in [-0.25, -0.2) is 15.0 Å². The molecule has 152 valence electrons. The van der Waals surface area contributed by atoms with Crippen LogP contribution in [0.2, 0.25) is 0 Å². The van der Waals surface area contributed by atoms with Gasteiger partial charge in [-0.3, -0.25) is 0 Å². The smallest absolute Gasteiger partial charge is 0.282 e. The van der Waals surface area contributed by atoms with E-state index in [1.807, 2.05) is 26.1 Å². The van der Waals surface area contributed by atoms with E-state index in [1.165, 1.54) is 0 Å². The van der Waals surface area contributed by atoms with Crippen LogP contribution in [-0.4, -0.2) is 51.6 Å². The highest BCUT2D eigenvalue weighted by molar-refractivity contribution is 7.86. The minimum absolute atomic E-state index is 0.243. The molecule has 2 aromatic rings. The van der Waals surface area contributed by atoms with Gasteiger partial charge in [-0.2, -0.15) is 17.0 Å². The van der Waals surface area contributed by atoms with Crippen molar-refractivity contribution in [1.82, 2.24) is 23.6 Å². The largest absolute Gasteiger partial charge is 0.316 e. The normalized spacial score (nSPS) is 21.9. The molecule has 4 rings (SSSR count). The van der Waals surface area contributed by atoms with E-state index in [4.69, 9.17) is 0 Å². The van der Waals surface area contributed by atoms with E-state index in [-0.39, 0.29) is 6.04 Å². The number of aromatic nitrogens is 3. The summed E-state index contributed by atoms with van der Waals surface area (Å²) in [6.07, 6.45) is 6.41. The van der Waals surface area contributed by atoms with Crippen molar-refractivity contribution in [3.8, 4) is 0 Å². The Hall–Kier alpha value is -1.62. The van der Waals surface area contributed by atoms with E-state index < -0.39 is 10.2 Å². The fourth-order valence-corrected chi connectivity index (χ4v) is 6.49. The zero-order chi connectivity index (χ0) is 19.7. The molecule has 1 unspecified atom stereocenters. The van der Waals surface area contributed by atoms with Gasteiger partial charge >= 0.3 is 0 Å². The van der Waals surface area contributed by atoms with Gasteiger partial charge < -0.3 is 5.32 Å². The molecule has 0 aliphatic carbocycles. The first-order valence-electron chi connectivity index (χ1n) is 9.75. The molecule has 2 aromatic heterocycles. The molecule has 2 aliphatic heterocycles. The van der Waals surface area contributed by atoms with Crippen LogP contribution in [0.25, 0.3) is 0 Å². The maximum absolute atomic E-state index is 13.2. The van der Waals surface area contributed by atoms with Crippen LogP contribution < -0.4 is 5.32 Å². The van der Waals surface area contributed by atoms with Crippen molar-refractivity contribution in [1.29, 1.82) is 0 Å². The number of nitrogens with one attached hydrogen (secondary N) is 1. The van der Waals surface area contributed by atoms with Crippen molar-refractivity contribution in [2.75, 3.05) is 25.0 Å².